The number of carboxylic acids is 1. The lowest BCUT2D eigenvalue weighted by molar-refractivity contribution is -0.142. The number of amides is 1. The van der Waals surface area contributed by atoms with Gasteiger partial charge >= 0.3 is 5.97 Å². The molecule has 2 aliphatic rings. The lowest BCUT2D eigenvalue weighted by Gasteiger charge is -2.16. The van der Waals surface area contributed by atoms with Crippen molar-refractivity contribution in [3.05, 3.63) is 40.4 Å². The zero-order valence-corrected chi connectivity index (χ0v) is 15.1. The molecule has 0 spiro atoms. The Morgan fingerprint density at radius 2 is 2.00 bits per heavy atom. The molecule has 0 radical (unpaired) electrons. The molecule has 1 saturated heterocycles. The second-order valence-electron chi connectivity index (χ2n) is 7.63. The third-order valence-corrected chi connectivity index (χ3v) is 5.73. The maximum atomic E-state index is 12.5. The van der Waals surface area contributed by atoms with Gasteiger partial charge in [0.05, 0.1) is 16.8 Å². The summed E-state index contributed by atoms with van der Waals surface area (Å²) in [5.74, 6) is -0.0828. The fourth-order valence-corrected chi connectivity index (χ4v) is 4.11. The molecule has 142 valence electrons. The number of carbonyl (C=O) groups excluding carboxylic acids is 1. The number of aryl methyl sites for hydroxylation is 1. The fourth-order valence-electron chi connectivity index (χ4n) is 4.11. The van der Waals surface area contributed by atoms with Gasteiger partial charge in [0, 0.05) is 25.9 Å². The molecule has 0 unspecified atom stereocenters. The van der Waals surface area contributed by atoms with E-state index in [1.165, 1.54) is 0 Å². The maximum Gasteiger partial charge on any atom is 0.308 e. The van der Waals surface area contributed by atoms with Gasteiger partial charge in [-0.2, -0.15) is 0 Å². The Morgan fingerprint density at radius 3 is 2.74 bits per heavy atom. The van der Waals surface area contributed by atoms with E-state index in [2.05, 4.69) is 9.97 Å². The van der Waals surface area contributed by atoms with Crippen molar-refractivity contribution in [2.24, 2.45) is 17.8 Å². The zero-order valence-electron chi connectivity index (χ0n) is 15.1. The maximum absolute atomic E-state index is 12.5. The normalized spacial score (nSPS) is 22.3. The number of hydrogen-bond acceptors (Lipinski definition) is 4. The second-order valence-corrected chi connectivity index (χ2v) is 7.63. The predicted octanol–water partition coefficient (Wildman–Crippen LogP) is 1.81. The van der Waals surface area contributed by atoms with Crippen LogP contribution in [-0.2, 0) is 16.0 Å². The number of H-pyrrole nitrogens is 1. The first-order chi connectivity index (χ1) is 13.0. The zero-order chi connectivity index (χ0) is 19.0. The van der Waals surface area contributed by atoms with Crippen molar-refractivity contribution >= 4 is 22.8 Å². The van der Waals surface area contributed by atoms with Crippen molar-refractivity contribution in [3.8, 4) is 0 Å². The van der Waals surface area contributed by atoms with Crippen LogP contribution < -0.4 is 5.56 Å². The number of rotatable bonds is 6. The molecule has 1 aromatic carbocycles. The van der Waals surface area contributed by atoms with E-state index in [4.69, 9.17) is 0 Å². The van der Waals surface area contributed by atoms with Crippen LogP contribution >= 0.6 is 0 Å². The number of nitrogens with one attached hydrogen (secondary N) is 1. The smallest absolute Gasteiger partial charge is 0.308 e. The summed E-state index contributed by atoms with van der Waals surface area (Å²) in [6.07, 6.45) is 3.58. The Labute approximate surface area is 156 Å². The van der Waals surface area contributed by atoms with Crippen LogP contribution in [0.3, 0.4) is 0 Å². The van der Waals surface area contributed by atoms with Crippen LogP contribution in [0.5, 0.6) is 0 Å². The predicted molar refractivity (Wildman–Crippen MR) is 99.2 cm³/mol. The van der Waals surface area contributed by atoms with Crippen LogP contribution in [0, 0.1) is 17.8 Å². The summed E-state index contributed by atoms with van der Waals surface area (Å²) in [4.78, 5) is 45.0. The molecule has 2 heterocycles. The van der Waals surface area contributed by atoms with Gasteiger partial charge in [0.25, 0.3) is 5.56 Å². The van der Waals surface area contributed by atoms with E-state index in [1.54, 1.807) is 23.1 Å². The highest BCUT2D eigenvalue weighted by atomic mass is 16.4. The van der Waals surface area contributed by atoms with Crippen LogP contribution in [0.1, 0.15) is 31.5 Å². The van der Waals surface area contributed by atoms with Gasteiger partial charge in [-0.05, 0) is 43.2 Å². The highest BCUT2D eigenvalue weighted by Gasteiger charge is 2.46. The molecular weight excluding hydrogens is 346 g/mol. The Balaban J connectivity index is 1.35. The van der Waals surface area contributed by atoms with E-state index in [0.29, 0.717) is 55.0 Å². The van der Waals surface area contributed by atoms with E-state index in [-0.39, 0.29) is 17.4 Å². The Bertz CT molecular complexity index is 934. The van der Waals surface area contributed by atoms with Gasteiger partial charge in [0.1, 0.15) is 5.82 Å². The van der Waals surface area contributed by atoms with Gasteiger partial charge in [-0.15, -0.1) is 0 Å². The number of carbonyl (C=O) groups is 2. The molecule has 2 aromatic rings. The van der Waals surface area contributed by atoms with Crippen LogP contribution in [0.4, 0.5) is 0 Å². The lowest BCUT2D eigenvalue weighted by atomic mass is 9.92. The minimum absolute atomic E-state index is 0.00691. The molecule has 2 fully saturated rings. The van der Waals surface area contributed by atoms with Crippen LogP contribution in [0.2, 0.25) is 0 Å². The summed E-state index contributed by atoms with van der Waals surface area (Å²) in [6.45, 7) is 0.881. The number of nitrogens with zero attached hydrogens (tertiary/aromatic N) is 2. The largest absolute Gasteiger partial charge is 0.481 e. The van der Waals surface area contributed by atoms with E-state index in [1.807, 2.05) is 6.07 Å². The van der Waals surface area contributed by atoms with Crippen molar-refractivity contribution < 1.29 is 14.7 Å². The third kappa shape index (κ3) is 3.72. The molecule has 1 aromatic heterocycles. The van der Waals surface area contributed by atoms with E-state index < -0.39 is 11.9 Å². The minimum atomic E-state index is -0.792. The topological polar surface area (TPSA) is 103 Å². The van der Waals surface area contributed by atoms with Gasteiger partial charge in [-0.3, -0.25) is 14.4 Å². The first-order valence-electron chi connectivity index (χ1n) is 9.51. The van der Waals surface area contributed by atoms with Crippen LogP contribution in [0.25, 0.3) is 10.9 Å². The molecule has 27 heavy (non-hydrogen) atoms. The molecule has 0 bridgehead atoms. The minimum Gasteiger partial charge on any atom is -0.481 e. The highest BCUT2D eigenvalue weighted by Crippen LogP contribution is 2.44. The number of carboxylic acid groups (broad SMARTS) is 1. The number of likely N-dealkylation sites (tertiary alicyclic amines) is 1. The summed E-state index contributed by atoms with van der Waals surface area (Å²) in [5.41, 5.74) is 0.483. The average Bonchev–Trinajstić information content (AvgIpc) is 3.39. The van der Waals surface area contributed by atoms with Crippen molar-refractivity contribution in [3.63, 3.8) is 0 Å². The summed E-state index contributed by atoms with van der Waals surface area (Å²) < 4.78 is 0. The molecule has 7 nitrogen and oxygen atoms in total. The van der Waals surface area contributed by atoms with Crippen LogP contribution in [0.15, 0.2) is 29.1 Å². The first kappa shape index (κ1) is 17.7. The fraction of sp³-hybridized carbons (Fsp3) is 0.500. The highest BCUT2D eigenvalue weighted by molar-refractivity contribution is 5.79. The quantitative estimate of drug-likeness (QED) is 0.808. The van der Waals surface area contributed by atoms with Gasteiger partial charge in [-0.25, -0.2) is 4.98 Å². The number of para-hydroxylation sites is 1. The average molecular weight is 369 g/mol. The molecule has 1 aliphatic heterocycles. The summed E-state index contributed by atoms with van der Waals surface area (Å²) >= 11 is 0. The van der Waals surface area contributed by atoms with E-state index in [0.717, 1.165) is 12.8 Å². The Morgan fingerprint density at radius 1 is 1.22 bits per heavy atom. The van der Waals surface area contributed by atoms with E-state index >= 15 is 0 Å². The first-order valence-corrected chi connectivity index (χ1v) is 9.51. The molecule has 2 atom stereocenters. The molecular formula is C20H23N3O4. The van der Waals surface area contributed by atoms with E-state index in [9.17, 15) is 19.5 Å². The van der Waals surface area contributed by atoms with Gasteiger partial charge in [0.15, 0.2) is 0 Å². The van der Waals surface area contributed by atoms with Crippen molar-refractivity contribution in [2.45, 2.75) is 32.1 Å². The summed E-state index contributed by atoms with van der Waals surface area (Å²) in [7, 11) is 0. The lowest BCUT2D eigenvalue weighted by Crippen LogP contribution is -2.29. The van der Waals surface area contributed by atoms with Gasteiger partial charge < -0.3 is 15.0 Å². The van der Waals surface area contributed by atoms with Crippen molar-refractivity contribution in [2.75, 3.05) is 13.1 Å². The third-order valence-electron chi connectivity index (χ3n) is 5.73. The molecule has 4 rings (SSSR count). The summed E-state index contributed by atoms with van der Waals surface area (Å²) in [5, 5.41) is 9.97. The number of aromatic amines is 1. The molecule has 2 N–H and O–H groups in total. The number of fused-ring (bicyclic) bond motifs is 1. The Hall–Kier alpha value is -2.70. The standard InChI is InChI=1S/C20H23N3O4/c24-18(23-10-14(12-8-9-12)15(11-23)20(26)27)7-3-6-17-21-16-5-2-1-4-13(16)19(25)22-17/h1-2,4-5,12,14-15H,3,6-11H2,(H,26,27)(H,21,22,25)/t14-,15+/m1/s1. The number of benzene rings is 1. The second kappa shape index (κ2) is 7.13. The molecule has 7 heteroatoms. The van der Waals surface area contributed by atoms with Crippen molar-refractivity contribution in [1.29, 1.82) is 0 Å². The summed E-state index contributed by atoms with van der Waals surface area (Å²) in [6, 6.07) is 7.17. The number of aliphatic carboxylic acids is 1. The molecule has 1 saturated carbocycles. The van der Waals surface area contributed by atoms with Gasteiger partial charge in [-0.1, -0.05) is 12.1 Å². The number of hydrogen-bond donors (Lipinski definition) is 2. The SMILES string of the molecule is O=C(O)[C@H]1CN(C(=O)CCCc2nc3ccccc3c(=O)[nH]2)C[C@@H]1C1CC1. The van der Waals surface area contributed by atoms with Gasteiger partial charge in [0.2, 0.25) is 5.91 Å². The number of aromatic nitrogens is 2. The molecule has 1 aliphatic carbocycles. The van der Waals surface area contributed by atoms with Crippen LogP contribution in [-0.4, -0.2) is 44.9 Å². The van der Waals surface area contributed by atoms with Crippen molar-refractivity contribution in [1.82, 2.24) is 14.9 Å². The monoisotopic (exact) mass is 369 g/mol. The molecule has 1 amide bonds. The Kier molecular flexibility index (Phi) is 4.68.